The number of nitrogens with zero attached hydrogens (tertiary/aromatic N) is 2. The highest BCUT2D eigenvalue weighted by atomic mass is 16.4. The zero-order valence-corrected chi connectivity index (χ0v) is 13.4. The van der Waals surface area contributed by atoms with Crippen LogP contribution in [0.25, 0.3) is 11.0 Å². The molecule has 0 aliphatic carbocycles. The van der Waals surface area contributed by atoms with Gasteiger partial charge in [0, 0.05) is 19.1 Å². The second-order valence-electron chi connectivity index (χ2n) is 6.35. The number of furan rings is 1. The molecule has 6 nitrogen and oxygen atoms in total. The zero-order valence-electron chi connectivity index (χ0n) is 13.4. The van der Waals surface area contributed by atoms with Gasteiger partial charge in [-0.3, -0.25) is 9.47 Å². The third kappa shape index (κ3) is 2.79. The number of hydrogen-bond donors (Lipinski definition) is 2. The Hall–Kier alpha value is -2.31. The number of aromatic amines is 1. The Morgan fingerprint density at radius 2 is 1.88 bits per heavy atom. The van der Waals surface area contributed by atoms with E-state index < -0.39 is 0 Å². The minimum Gasteiger partial charge on any atom is -0.462 e. The van der Waals surface area contributed by atoms with Gasteiger partial charge in [0.15, 0.2) is 0 Å². The number of aliphatic hydroxyl groups is 1. The molecule has 1 fully saturated rings. The van der Waals surface area contributed by atoms with Crippen molar-refractivity contribution in [2.45, 2.75) is 32.0 Å². The molecule has 3 aromatic rings. The summed E-state index contributed by atoms with van der Waals surface area (Å²) >= 11 is 0. The van der Waals surface area contributed by atoms with E-state index in [-0.39, 0.29) is 18.3 Å². The Morgan fingerprint density at radius 1 is 1.12 bits per heavy atom. The number of benzene rings is 1. The maximum atomic E-state index is 12.3. The molecular weight excluding hydrogens is 306 g/mol. The van der Waals surface area contributed by atoms with Crippen LogP contribution in [0.15, 0.2) is 45.6 Å². The molecule has 1 saturated heterocycles. The van der Waals surface area contributed by atoms with E-state index in [9.17, 15) is 4.79 Å². The van der Waals surface area contributed by atoms with Crippen molar-refractivity contribution in [2.75, 3.05) is 13.1 Å². The second-order valence-corrected chi connectivity index (χ2v) is 6.35. The first kappa shape index (κ1) is 15.2. The van der Waals surface area contributed by atoms with Gasteiger partial charge < -0.3 is 14.5 Å². The highest BCUT2D eigenvalue weighted by molar-refractivity contribution is 5.75. The number of nitrogens with one attached hydrogen (secondary N) is 1. The van der Waals surface area contributed by atoms with Gasteiger partial charge in [0.1, 0.15) is 18.1 Å². The first-order chi connectivity index (χ1) is 11.7. The van der Waals surface area contributed by atoms with E-state index in [0.717, 1.165) is 49.3 Å². The van der Waals surface area contributed by atoms with Crippen LogP contribution in [0.3, 0.4) is 0 Å². The Labute approximate surface area is 139 Å². The third-order valence-corrected chi connectivity index (χ3v) is 4.80. The van der Waals surface area contributed by atoms with Crippen molar-refractivity contribution in [1.29, 1.82) is 0 Å². The lowest BCUT2D eigenvalue weighted by Crippen LogP contribution is -2.36. The van der Waals surface area contributed by atoms with Gasteiger partial charge in [0.2, 0.25) is 0 Å². The summed E-state index contributed by atoms with van der Waals surface area (Å²) in [5.41, 5.74) is 1.87. The minimum atomic E-state index is -0.0639. The van der Waals surface area contributed by atoms with Crippen molar-refractivity contribution in [3.63, 3.8) is 0 Å². The summed E-state index contributed by atoms with van der Waals surface area (Å²) in [6.45, 7) is 2.53. The summed E-state index contributed by atoms with van der Waals surface area (Å²) < 4.78 is 7.47. The molecule has 24 heavy (non-hydrogen) atoms. The van der Waals surface area contributed by atoms with Crippen LogP contribution in [0.1, 0.15) is 30.4 Å². The van der Waals surface area contributed by atoms with Crippen molar-refractivity contribution < 1.29 is 9.52 Å². The van der Waals surface area contributed by atoms with Crippen molar-refractivity contribution in [1.82, 2.24) is 14.5 Å². The molecule has 6 heteroatoms. The van der Waals surface area contributed by atoms with Crippen molar-refractivity contribution >= 4 is 11.0 Å². The lowest BCUT2D eigenvalue weighted by molar-refractivity contribution is 0.165. The van der Waals surface area contributed by atoms with Gasteiger partial charge in [0.25, 0.3) is 0 Å². The number of aliphatic hydroxyl groups excluding tert-OH is 1. The minimum absolute atomic E-state index is 0.0201. The van der Waals surface area contributed by atoms with E-state index in [1.54, 1.807) is 0 Å². The summed E-state index contributed by atoms with van der Waals surface area (Å²) in [7, 11) is 0. The normalized spacial score (nSPS) is 16.9. The van der Waals surface area contributed by atoms with Crippen LogP contribution in [0.2, 0.25) is 0 Å². The monoisotopic (exact) mass is 327 g/mol. The Kier molecular flexibility index (Phi) is 4.00. The van der Waals surface area contributed by atoms with Crippen LogP contribution >= 0.6 is 0 Å². The highest BCUT2D eigenvalue weighted by Crippen LogP contribution is 2.25. The summed E-state index contributed by atoms with van der Waals surface area (Å²) in [6.07, 6.45) is 1.88. The molecule has 0 bridgehead atoms. The predicted octanol–water partition coefficient (Wildman–Crippen LogP) is 2.25. The number of piperidine rings is 1. The third-order valence-electron chi connectivity index (χ3n) is 4.80. The van der Waals surface area contributed by atoms with Gasteiger partial charge >= 0.3 is 5.69 Å². The number of fused-ring (bicyclic) bond motifs is 1. The molecule has 0 radical (unpaired) electrons. The van der Waals surface area contributed by atoms with E-state index in [2.05, 4.69) is 9.88 Å². The van der Waals surface area contributed by atoms with Gasteiger partial charge in [-0.25, -0.2) is 4.79 Å². The number of H-pyrrole nitrogens is 1. The van der Waals surface area contributed by atoms with Crippen molar-refractivity contribution in [3.05, 3.63) is 58.4 Å². The fraction of sp³-hybridized carbons (Fsp3) is 0.389. The number of rotatable bonds is 4. The van der Waals surface area contributed by atoms with Crippen LogP contribution in [0.5, 0.6) is 0 Å². The SMILES string of the molecule is O=c1[nH]c2ccccc2n1C1CCN(Cc2ccc(CO)o2)CC1. The largest absolute Gasteiger partial charge is 0.462 e. The molecule has 1 aromatic carbocycles. The van der Waals surface area contributed by atoms with Crippen molar-refractivity contribution in [2.24, 2.45) is 0 Å². The van der Waals surface area contributed by atoms with E-state index in [0.29, 0.717) is 5.76 Å². The Bertz CT molecular complexity index is 884. The standard InChI is InChI=1S/C18H21N3O3/c22-12-15-6-5-14(24-15)11-20-9-7-13(8-10-20)21-17-4-2-1-3-16(17)19-18(21)23/h1-6,13,22H,7-12H2,(H,19,23). The molecule has 3 heterocycles. The fourth-order valence-electron chi connectivity index (χ4n) is 3.59. The maximum Gasteiger partial charge on any atom is 0.326 e. The van der Waals surface area contributed by atoms with Crippen LogP contribution < -0.4 is 5.69 Å². The second kappa shape index (κ2) is 6.30. The molecule has 4 rings (SSSR count). The fourth-order valence-corrected chi connectivity index (χ4v) is 3.59. The van der Waals surface area contributed by atoms with Gasteiger partial charge in [0.05, 0.1) is 17.6 Å². The lowest BCUT2D eigenvalue weighted by atomic mass is 10.0. The van der Waals surface area contributed by atoms with Crippen LogP contribution in [-0.2, 0) is 13.2 Å². The van der Waals surface area contributed by atoms with Gasteiger partial charge in [-0.15, -0.1) is 0 Å². The summed E-state index contributed by atoms with van der Waals surface area (Å²) in [5, 5.41) is 9.07. The molecule has 0 spiro atoms. The average molecular weight is 327 g/mol. The van der Waals surface area contributed by atoms with E-state index in [1.165, 1.54) is 0 Å². The van der Waals surface area contributed by atoms with E-state index in [1.807, 2.05) is 41.0 Å². The Morgan fingerprint density at radius 3 is 2.62 bits per heavy atom. The molecule has 0 atom stereocenters. The quantitative estimate of drug-likeness (QED) is 0.771. The molecule has 2 aromatic heterocycles. The molecule has 2 N–H and O–H groups in total. The molecule has 0 amide bonds. The summed E-state index contributed by atoms with van der Waals surface area (Å²) in [6, 6.07) is 11.8. The summed E-state index contributed by atoms with van der Waals surface area (Å²) in [5.74, 6) is 1.48. The maximum absolute atomic E-state index is 12.3. The first-order valence-electron chi connectivity index (χ1n) is 8.34. The topological polar surface area (TPSA) is 74.4 Å². The van der Waals surface area contributed by atoms with Crippen LogP contribution in [-0.4, -0.2) is 32.6 Å². The number of aromatic nitrogens is 2. The molecular formula is C18H21N3O3. The molecule has 1 aliphatic heterocycles. The Balaban J connectivity index is 1.45. The van der Waals surface area contributed by atoms with E-state index >= 15 is 0 Å². The summed E-state index contributed by atoms with van der Waals surface area (Å²) in [4.78, 5) is 17.6. The smallest absolute Gasteiger partial charge is 0.326 e. The van der Waals surface area contributed by atoms with Gasteiger partial charge in [-0.05, 0) is 37.1 Å². The average Bonchev–Trinajstić information content (AvgIpc) is 3.19. The number of imidazole rings is 1. The van der Waals surface area contributed by atoms with Crippen molar-refractivity contribution in [3.8, 4) is 0 Å². The number of para-hydroxylation sites is 2. The zero-order chi connectivity index (χ0) is 16.5. The molecule has 0 saturated carbocycles. The molecule has 126 valence electrons. The molecule has 0 unspecified atom stereocenters. The van der Waals surface area contributed by atoms with Crippen LogP contribution in [0.4, 0.5) is 0 Å². The number of hydrogen-bond acceptors (Lipinski definition) is 4. The number of likely N-dealkylation sites (tertiary alicyclic amines) is 1. The lowest BCUT2D eigenvalue weighted by Gasteiger charge is -2.31. The molecule has 1 aliphatic rings. The highest BCUT2D eigenvalue weighted by Gasteiger charge is 2.24. The predicted molar refractivity (Wildman–Crippen MR) is 90.7 cm³/mol. The first-order valence-corrected chi connectivity index (χ1v) is 8.34. The van der Waals surface area contributed by atoms with Gasteiger partial charge in [-0.2, -0.15) is 0 Å². The van der Waals surface area contributed by atoms with E-state index in [4.69, 9.17) is 9.52 Å². The van der Waals surface area contributed by atoms with Crippen LogP contribution in [0, 0.1) is 0 Å². The van der Waals surface area contributed by atoms with Gasteiger partial charge in [-0.1, -0.05) is 12.1 Å².